The largest absolute Gasteiger partial charge is 0.493 e. The Morgan fingerprint density at radius 1 is 0.968 bits per heavy atom. The van der Waals surface area contributed by atoms with Crippen LogP contribution in [0.4, 0.5) is 5.82 Å². The van der Waals surface area contributed by atoms with Gasteiger partial charge in [-0.2, -0.15) is 10.4 Å². The van der Waals surface area contributed by atoms with Crippen molar-refractivity contribution in [3.05, 3.63) is 48.2 Å². The van der Waals surface area contributed by atoms with E-state index in [0.717, 1.165) is 0 Å². The molecule has 0 aliphatic carbocycles. The van der Waals surface area contributed by atoms with Gasteiger partial charge in [0.1, 0.15) is 28.9 Å². The molecule has 31 heavy (non-hydrogen) atoms. The van der Waals surface area contributed by atoms with E-state index < -0.39 is 0 Å². The number of H-pyrrole nitrogens is 1. The van der Waals surface area contributed by atoms with Crippen molar-refractivity contribution in [2.75, 3.05) is 27.1 Å². The molecule has 4 rings (SSSR count). The van der Waals surface area contributed by atoms with Gasteiger partial charge in [0.2, 0.25) is 5.75 Å². The lowest BCUT2D eigenvalue weighted by atomic mass is 10.0. The summed E-state index contributed by atoms with van der Waals surface area (Å²) in [5.41, 5.74) is 8.69. The second kappa shape index (κ2) is 8.12. The third kappa shape index (κ3) is 3.40. The van der Waals surface area contributed by atoms with Gasteiger partial charge < -0.3 is 24.4 Å². The Bertz CT molecular complexity index is 1270. The Morgan fingerprint density at radius 2 is 1.74 bits per heavy atom. The maximum Gasteiger partial charge on any atom is 0.203 e. The molecule has 9 heteroatoms. The average Bonchev–Trinajstić information content (AvgIpc) is 3.49. The number of nitriles is 1. The predicted molar refractivity (Wildman–Crippen MR) is 114 cm³/mol. The highest BCUT2D eigenvalue weighted by Crippen LogP contribution is 2.45. The molecule has 3 heterocycles. The first-order valence-corrected chi connectivity index (χ1v) is 9.21. The molecule has 1 aromatic carbocycles. The summed E-state index contributed by atoms with van der Waals surface area (Å²) in [5, 5.41) is 16.4. The van der Waals surface area contributed by atoms with Gasteiger partial charge in [-0.3, -0.25) is 5.10 Å². The summed E-state index contributed by atoms with van der Waals surface area (Å²) in [6.07, 6.45) is 1.63. The first-order valence-electron chi connectivity index (χ1n) is 9.21. The number of nitrogens with zero attached hydrogens (tertiary/aromatic N) is 3. The van der Waals surface area contributed by atoms with E-state index in [2.05, 4.69) is 21.3 Å². The number of hydrogen-bond donors (Lipinski definition) is 2. The van der Waals surface area contributed by atoms with Crippen LogP contribution in [0, 0.1) is 11.3 Å². The molecule has 4 aromatic rings. The van der Waals surface area contributed by atoms with Crippen molar-refractivity contribution >= 4 is 5.82 Å². The second-order valence-corrected chi connectivity index (χ2v) is 6.44. The summed E-state index contributed by atoms with van der Waals surface area (Å²) in [6.45, 7) is 0. The van der Waals surface area contributed by atoms with Gasteiger partial charge in [0.05, 0.1) is 27.0 Å². The molecule has 0 spiro atoms. The normalized spacial score (nSPS) is 10.5. The Balaban J connectivity index is 1.90. The minimum Gasteiger partial charge on any atom is -0.493 e. The quantitative estimate of drug-likeness (QED) is 0.483. The number of methoxy groups -OCH3 is 3. The number of aromatic nitrogens is 3. The molecular formula is C22H19N5O4. The van der Waals surface area contributed by atoms with Crippen LogP contribution in [-0.4, -0.2) is 36.5 Å². The molecule has 0 bridgehead atoms. The van der Waals surface area contributed by atoms with Gasteiger partial charge in [-0.1, -0.05) is 0 Å². The topological polar surface area (TPSA) is 132 Å². The Labute approximate surface area is 178 Å². The van der Waals surface area contributed by atoms with Crippen LogP contribution in [0.2, 0.25) is 0 Å². The van der Waals surface area contributed by atoms with E-state index in [-0.39, 0.29) is 11.4 Å². The fourth-order valence-corrected chi connectivity index (χ4v) is 3.34. The highest BCUT2D eigenvalue weighted by molar-refractivity contribution is 5.82. The van der Waals surface area contributed by atoms with E-state index in [1.165, 1.54) is 14.2 Å². The zero-order valence-corrected chi connectivity index (χ0v) is 17.1. The standard InChI is InChI=1S/C22H19N5O4/c1-28-19-5-4-12(20(29-2)21(19)30-3)16-10-13(14(11-23)22(24)26-16)17-6-7-18(31-17)15-8-9-25-27-15/h4-10H,1-3H3,(H2,24,26)(H,25,27). The van der Waals surface area contributed by atoms with E-state index in [1.54, 1.807) is 49.7 Å². The van der Waals surface area contributed by atoms with Crippen molar-refractivity contribution in [1.29, 1.82) is 5.26 Å². The van der Waals surface area contributed by atoms with Crippen LogP contribution in [0.15, 0.2) is 47.0 Å². The summed E-state index contributed by atoms with van der Waals surface area (Å²) in [6, 6.07) is 12.7. The van der Waals surface area contributed by atoms with Crippen molar-refractivity contribution in [3.63, 3.8) is 0 Å². The Hall–Kier alpha value is -4.45. The van der Waals surface area contributed by atoms with Crippen molar-refractivity contribution < 1.29 is 18.6 Å². The molecule has 9 nitrogen and oxygen atoms in total. The SMILES string of the molecule is COc1ccc(-c2cc(-c3ccc(-c4ccn[nH]4)o3)c(C#N)c(N)n2)c(OC)c1OC. The molecule has 156 valence electrons. The van der Waals surface area contributed by atoms with Gasteiger partial charge in [0.15, 0.2) is 17.3 Å². The van der Waals surface area contributed by atoms with Crippen LogP contribution >= 0.6 is 0 Å². The van der Waals surface area contributed by atoms with Crippen LogP contribution in [0.25, 0.3) is 34.0 Å². The number of hydrogen-bond acceptors (Lipinski definition) is 8. The molecule has 0 unspecified atom stereocenters. The number of ether oxygens (including phenoxy) is 3. The molecule has 3 N–H and O–H groups in total. The summed E-state index contributed by atoms with van der Waals surface area (Å²) < 4.78 is 22.3. The smallest absolute Gasteiger partial charge is 0.203 e. The lowest BCUT2D eigenvalue weighted by Crippen LogP contribution is -2.01. The number of pyridine rings is 1. The maximum atomic E-state index is 9.67. The first-order chi connectivity index (χ1) is 15.1. The zero-order valence-electron chi connectivity index (χ0n) is 17.1. The molecule has 0 saturated heterocycles. The Kier molecular flexibility index (Phi) is 5.20. The summed E-state index contributed by atoms with van der Waals surface area (Å²) >= 11 is 0. The third-order valence-corrected chi connectivity index (χ3v) is 4.78. The van der Waals surface area contributed by atoms with Crippen molar-refractivity contribution in [3.8, 4) is 57.4 Å². The lowest BCUT2D eigenvalue weighted by Gasteiger charge is -2.16. The lowest BCUT2D eigenvalue weighted by molar-refractivity contribution is 0.325. The minimum absolute atomic E-state index is 0.0753. The predicted octanol–water partition coefficient (Wildman–Crippen LogP) is 3.88. The minimum atomic E-state index is 0.0753. The van der Waals surface area contributed by atoms with Crippen molar-refractivity contribution in [2.24, 2.45) is 0 Å². The highest BCUT2D eigenvalue weighted by Gasteiger charge is 2.22. The van der Waals surface area contributed by atoms with Crippen LogP contribution in [0.5, 0.6) is 17.2 Å². The molecule has 0 aliphatic heterocycles. The number of aromatic amines is 1. The van der Waals surface area contributed by atoms with E-state index in [4.69, 9.17) is 24.4 Å². The molecule has 0 fully saturated rings. The fourth-order valence-electron chi connectivity index (χ4n) is 3.34. The van der Waals surface area contributed by atoms with E-state index in [9.17, 15) is 5.26 Å². The highest BCUT2D eigenvalue weighted by atomic mass is 16.5. The number of anilines is 1. The van der Waals surface area contributed by atoms with Gasteiger partial charge >= 0.3 is 0 Å². The van der Waals surface area contributed by atoms with Crippen molar-refractivity contribution in [2.45, 2.75) is 0 Å². The molecule has 3 aromatic heterocycles. The van der Waals surface area contributed by atoms with E-state index in [1.807, 2.05) is 0 Å². The summed E-state index contributed by atoms with van der Waals surface area (Å²) in [7, 11) is 4.59. The van der Waals surface area contributed by atoms with Crippen LogP contribution in [-0.2, 0) is 0 Å². The summed E-state index contributed by atoms with van der Waals surface area (Å²) in [5.74, 6) is 2.50. The van der Waals surface area contributed by atoms with Gasteiger partial charge in [-0.25, -0.2) is 4.98 Å². The first kappa shape index (κ1) is 19.8. The molecule has 0 amide bonds. The molecule has 0 aliphatic rings. The van der Waals surface area contributed by atoms with Gasteiger partial charge in [-0.15, -0.1) is 0 Å². The van der Waals surface area contributed by atoms with E-state index >= 15 is 0 Å². The zero-order chi connectivity index (χ0) is 22.0. The maximum absolute atomic E-state index is 9.67. The van der Waals surface area contributed by atoms with Crippen molar-refractivity contribution in [1.82, 2.24) is 15.2 Å². The fraction of sp³-hybridized carbons (Fsp3) is 0.136. The Morgan fingerprint density at radius 3 is 2.39 bits per heavy atom. The average molecular weight is 417 g/mol. The number of nitrogens with two attached hydrogens (primary N) is 1. The van der Waals surface area contributed by atoms with Crippen LogP contribution < -0.4 is 19.9 Å². The van der Waals surface area contributed by atoms with Gasteiger partial charge in [-0.05, 0) is 36.4 Å². The molecule has 0 atom stereocenters. The molecule has 0 saturated carbocycles. The molecule has 0 radical (unpaired) electrons. The van der Waals surface area contributed by atoms with Crippen LogP contribution in [0.3, 0.4) is 0 Å². The second-order valence-electron chi connectivity index (χ2n) is 6.44. The number of rotatable bonds is 6. The van der Waals surface area contributed by atoms with Gasteiger partial charge in [0, 0.05) is 17.3 Å². The monoisotopic (exact) mass is 417 g/mol. The van der Waals surface area contributed by atoms with Crippen LogP contribution in [0.1, 0.15) is 5.56 Å². The molecular weight excluding hydrogens is 398 g/mol. The third-order valence-electron chi connectivity index (χ3n) is 4.78. The van der Waals surface area contributed by atoms with Gasteiger partial charge in [0.25, 0.3) is 0 Å². The number of benzene rings is 1. The number of nitrogen functional groups attached to an aromatic ring is 1. The summed E-state index contributed by atoms with van der Waals surface area (Å²) in [4.78, 5) is 4.42. The number of furan rings is 1. The number of nitrogens with one attached hydrogen (secondary N) is 1. The van der Waals surface area contributed by atoms with E-state index in [0.29, 0.717) is 51.3 Å².